The van der Waals surface area contributed by atoms with E-state index < -0.39 is 4.33 Å². The monoisotopic (exact) mass is 299 g/mol. The van der Waals surface area contributed by atoms with Crippen LogP contribution in [0, 0.1) is 5.92 Å². The first kappa shape index (κ1) is 12.3. The highest BCUT2D eigenvalue weighted by atomic mass is 35.5. The maximum absolute atomic E-state index is 5.98. The fourth-order valence-corrected chi connectivity index (χ4v) is 3.39. The minimum absolute atomic E-state index is 0.351. The van der Waals surface area contributed by atoms with Gasteiger partial charge in [-0.2, -0.15) is 0 Å². The molecule has 94 valence electrons. The molecule has 0 amide bonds. The number of aromatic amines is 1. The summed E-state index contributed by atoms with van der Waals surface area (Å²) in [5, 5.41) is 7.86. The fourth-order valence-electron chi connectivity index (χ4n) is 1.66. The van der Waals surface area contributed by atoms with Crippen molar-refractivity contribution in [2.45, 2.75) is 15.9 Å². The molecular weight excluding hydrogens is 289 g/mol. The Balaban J connectivity index is 1.64. The van der Waals surface area contributed by atoms with Crippen molar-refractivity contribution in [3.8, 4) is 11.4 Å². The predicted molar refractivity (Wildman–Crippen MR) is 75.1 cm³/mol. The lowest BCUT2D eigenvalue weighted by Gasteiger charge is -1.96. The second-order valence-corrected chi connectivity index (χ2v) is 6.84. The van der Waals surface area contributed by atoms with E-state index in [0.29, 0.717) is 5.92 Å². The topological polar surface area (TPSA) is 41.6 Å². The van der Waals surface area contributed by atoms with E-state index in [9.17, 15) is 0 Å². The highest BCUT2D eigenvalue weighted by Crippen LogP contribution is 2.54. The van der Waals surface area contributed by atoms with E-state index in [1.165, 1.54) is 0 Å². The van der Waals surface area contributed by atoms with Gasteiger partial charge >= 0.3 is 0 Å². The van der Waals surface area contributed by atoms with Crippen LogP contribution >= 0.6 is 35.0 Å². The summed E-state index contributed by atoms with van der Waals surface area (Å²) in [6.45, 7) is 0. The maximum Gasteiger partial charge on any atom is 0.208 e. The summed E-state index contributed by atoms with van der Waals surface area (Å²) in [6.07, 6.45) is 0.860. The van der Waals surface area contributed by atoms with Crippen molar-refractivity contribution >= 4 is 35.0 Å². The number of H-pyrrole nitrogens is 1. The minimum Gasteiger partial charge on any atom is -0.258 e. The number of halogens is 2. The van der Waals surface area contributed by atoms with Crippen molar-refractivity contribution in [3.63, 3.8) is 0 Å². The zero-order valence-corrected chi connectivity index (χ0v) is 11.8. The van der Waals surface area contributed by atoms with Gasteiger partial charge in [-0.1, -0.05) is 42.1 Å². The molecule has 2 aromatic rings. The molecule has 0 radical (unpaired) electrons. The van der Waals surface area contributed by atoms with Gasteiger partial charge in [-0.05, 0) is 6.42 Å². The Kier molecular flexibility index (Phi) is 3.26. The molecule has 3 rings (SSSR count). The quantitative estimate of drug-likeness (QED) is 0.690. The van der Waals surface area contributed by atoms with Crippen molar-refractivity contribution in [1.29, 1.82) is 0 Å². The van der Waals surface area contributed by atoms with Crippen LogP contribution in [0.15, 0.2) is 35.5 Å². The van der Waals surface area contributed by atoms with Crippen LogP contribution in [0.1, 0.15) is 6.42 Å². The number of aromatic nitrogens is 3. The summed E-state index contributed by atoms with van der Waals surface area (Å²) in [4.78, 5) is 4.44. The lowest BCUT2D eigenvalue weighted by molar-refractivity contribution is 0.945. The van der Waals surface area contributed by atoms with Crippen molar-refractivity contribution in [1.82, 2.24) is 15.2 Å². The molecular formula is C12H11Cl2N3S. The number of thioether (sulfide) groups is 1. The van der Waals surface area contributed by atoms with E-state index >= 15 is 0 Å². The van der Waals surface area contributed by atoms with Gasteiger partial charge in [0.2, 0.25) is 5.16 Å². The van der Waals surface area contributed by atoms with Crippen LogP contribution in [0.2, 0.25) is 0 Å². The Morgan fingerprint density at radius 3 is 2.72 bits per heavy atom. The first-order valence-corrected chi connectivity index (χ1v) is 7.38. The number of hydrogen-bond acceptors (Lipinski definition) is 3. The Morgan fingerprint density at radius 2 is 2.06 bits per heavy atom. The van der Waals surface area contributed by atoms with Crippen LogP contribution < -0.4 is 0 Å². The Hall–Kier alpha value is -0.710. The fraction of sp³-hybridized carbons (Fsp3) is 0.333. The molecule has 1 aromatic carbocycles. The third-order valence-electron chi connectivity index (χ3n) is 2.88. The average molecular weight is 300 g/mol. The first-order chi connectivity index (χ1) is 8.65. The molecule has 3 nitrogen and oxygen atoms in total. The van der Waals surface area contributed by atoms with Gasteiger partial charge in [0.05, 0.1) is 0 Å². The van der Waals surface area contributed by atoms with Gasteiger partial charge in [-0.25, -0.2) is 4.98 Å². The molecule has 0 saturated heterocycles. The van der Waals surface area contributed by atoms with Crippen LogP contribution in [0.5, 0.6) is 0 Å². The number of alkyl halides is 2. The van der Waals surface area contributed by atoms with Crippen LogP contribution in [0.3, 0.4) is 0 Å². The summed E-state index contributed by atoms with van der Waals surface area (Å²) in [5.41, 5.74) is 1.03. The highest BCUT2D eigenvalue weighted by molar-refractivity contribution is 7.99. The normalized spacial score (nSPS) is 20.9. The molecule has 6 heteroatoms. The number of nitrogens with one attached hydrogen (secondary N) is 1. The molecule has 1 atom stereocenters. The predicted octanol–water partition coefficient (Wildman–Crippen LogP) is 3.76. The lowest BCUT2D eigenvalue weighted by atomic mass is 10.2. The van der Waals surface area contributed by atoms with Crippen LogP contribution in [-0.2, 0) is 0 Å². The van der Waals surface area contributed by atoms with Gasteiger partial charge in [0.25, 0.3) is 0 Å². The smallest absolute Gasteiger partial charge is 0.208 e. The number of rotatable bonds is 4. The lowest BCUT2D eigenvalue weighted by Crippen LogP contribution is -1.93. The second kappa shape index (κ2) is 4.76. The second-order valence-electron chi connectivity index (χ2n) is 4.31. The van der Waals surface area contributed by atoms with Crippen molar-refractivity contribution in [3.05, 3.63) is 30.3 Å². The van der Waals surface area contributed by atoms with E-state index in [1.807, 2.05) is 30.3 Å². The molecule has 1 fully saturated rings. The molecule has 0 unspecified atom stereocenters. The van der Waals surface area contributed by atoms with Crippen LogP contribution in [0.25, 0.3) is 11.4 Å². The van der Waals surface area contributed by atoms with E-state index in [-0.39, 0.29) is 0 Å². The molecule has 1 aliphatic carbocycles. The van der Waals surface area contributed by atoms with Gasteiger partial charge in [0.1, 0.15) is 4.33 Å². The van der Waals surface area contributed by atoms with Gasteiger partial charge in [0.15, 0.2) is 5.82 Å². The minimum atomic E-state index is -0.522. The van der Waals surface area contributed by atoms with E-state index in [4.69, 9.17) is 23.2 Å². The van der Waals surface area contributed by atoms with Gasteiger partial charge in [-0.3, -0.25) is 5.10 Å². The number of benzene rings is 1. The number of nitrogens with zero attached hydrogens (tertiary/aromatic N) is 2. The summed E-state index contributed by atoms with van der Waals surface area (Å²) in [5.74, 6) is 2.00. The third kappa shape index (κ3) is 2.66. The van der Waals surface area contributed by atoms with Gasteiger partial charge in [0, 0.05) is 17.2 Å². The SMILES string of the molecule is ClC1(Cl)C[C@H]1CSc1n[nH]c(-c2ccccc2)n1. The van der Waals surface area contributed by atoms with Crippen molar-refractivity contribution < 1.29 is 0 Å². The molecule has 1 heterocycles. The summed E-state index contributed by atoms with van der Waals surface area (Å²) in [7, 11) is 0. The molecule has 0 aliphatic heterocycles. The van der Waals surface area contributed by atoms with Crippen LogP contribution in [-0.4, -0.2) is 25.3 Å². The maximum atomic E-state index is 5.98. The van der Waals surface area contributed by atoms with Crippen LogP contribution in [0.4, 0.5) is 0 Å². The van der Waals surface area contributed by atoms with Gasteiger partial charge < -0.3 is 0 Å². The Morgan fingerprint density at radius 1 is 1.33 bits per heavy atom. The van der Waals surface area contributed by atoms with E-state index in [2.05, 4.69) is 15.2 Å². The summed E-state index contributed by atoms with van der Waals surface area (Å²) >= 11 is 13.5. The summed E-state index contributed by atoms with van der Waals surface area (Å²) in [6, 6.07) is 9.92. The molecule has 1 N–H and O–H groups in total. The van der Waals surface area contributed by atoms with Gasteiger partial charge in [-0.15, -0.1) is 28.3 Å². The average Bonchev–Trinajstić information content (AvgIpc) is 2.79. The third-order valence-corrected chi connectivity index (χ3v) is 4.82. The molecule has 1 aromatic heterocycles. The van der Waals surface area contributed by atoms with Crippen molar-refractivity contribution in [2.24, 2.45) is 5.92 Å². The molecule has 0 bridgehead atoms. The molecule has 1 saturated carbocycles. The number of hydrogen-bond donors (Lipinski definition) is 1. The Labute approximate surface area is 119 Å². The molecule has 18 heavy (non-hydrogen) atoms. The van der Waals surface area contributed by atoms with E-state index in [1.54, 1.807) is 11.8 Å². The van der Waals surface area contributed by atoms with E-state index in [0.717, 1.165) is 28.7 Å². The summed E-state index contributed by atoms with van der Waals surface area (Å²) < 4.78 is -0.522. The first-order valence-electron chi connectivity index (χ1n) is 5.63. The van der Waals surface area contributed by atoms with Crippen molar-refractivity contribution in [2.75, 3.05) is 5.75 Å². The zero-order valence-electron chi connectivity index (χ0n) is 9.44. The molecule has 0 spiro atoms. The zero-order chi connectivity index (χ0) is 12.6. The Bertz CT molecular complexity index is 541. The standard InChI is InChI=1S/C12H11Cl2N3S/c13-12(14)6-9(12)7-18-11-15-10(16-17-11)8-4-2-1-3-5-8/h1-5,9H,6-7H2,(H,15,16,17)/t9-/m0/s1. The molecule has 1 aliphatic rings. The largest absolute Gasteiger partial charge is 0.258 e. The highest BCUT2D eigenvalue weighted by Gasteiger charge is 2.51.